The first-order valence-electron chi connectivity index (χ1n) is 9.42. The molecule has 0 aliphatic rings. The third-order valence-corrected chi connectivity index (χ3v) is 5.51. The van der Waals surface area contributed by atoms with Crippen molar-refractivity contribution >= 4 is 35.0 Å². The van der Waals surface area contributed by atoms with Crippen molar-refractivity contribution in [2.45, 2.75) is 5.22 Å². The molecule has 0 radical (unpaired) electrons. The van der Waals surface area contributed by atoms with Crippen LogP contribution in [-0.4, -0.2) is 57.4 Å². The minimum atomic E-state index is -0.313. The van der Waals surface area contributed by atoms with Crippen LogP contribution in [0.4, 0.5) is 5.69 Å². The van der Waals surface area contributed by atoms with E-state index >= 15 is 0 Å². The van der Waals surface area contributed by atoms with Gasteiger partial charge in [0.1, 0.15) is 11.5 Å². The second kappa shape index (κ2) is 11.0. The summed E-state index contributed by atoms with van der Waals surface area (Å²) in [5.74, 6) is 2.14. The summed E-state index contributed by atoms with van der Waals surface area (Å²) in [6.07, 6.45) is 0. The molecule has 0 spiro atoms. The number of thioether (sulfide) groups is 1. The van der Waals surface area contributed by atoms with E-state index in [0.29, 0.717) is 45.0 Å². The first-order valence-corrected chi connectivity index (χ1v) is 10.8. The van der Waals surface area contributed by atoms with Crippen LogP contribution in [0.25, 0.3) is 11.5 Å². The summed E-state index contributed by atoms with van der Waals surface area (Å²) in [6.45, 7) is 0. The molecule has 3 rings (SSSR count). The highest BCUT2D eigenvalue weighted by molar-refractivity contribution is 7.99. The van der Waals surface area contributed by atoms with E-state index in [1.54, 1.807) is 24.3 Å². The van der Waals surface area contributed by atoms with E-state index in [1.807, 2.05) is 0 Å². The van der Waals surface area contributed by atoms with Crippen molar-refractivity contribution in [1.82, 2.24) is 10.2 Å². The molecule has 1 heterocycles. The summed E-state index contributed by atoms with van der Waals surface area (Å²) < 4.78 is 32.1. The largest absolute Gasteiger partial charge is 0.495 e. The molecule has 2 aromatic carbocycles. The van der Waals surface area contributed by atoms with Crippen molar-refractivity contribution in [2.75, 3.05) is 46.6 Å². The van der Waals surface area contributed by atoms with Gasteiger partial charge in [-0.25, -0.2) is 0 Å². The first kappa shape index (κ1) is 24.3. The summed E-state index contributed by atoms with van der Waals surface area (Å²) >= 11 is 7.22. The molecule has 0 aliphatic carbocycles. The van der Waals surface area contributed by atoms with Crippen LogP contribution in [0.2, 0.25) is 5.02 Å². The molecule has 12 heteroatoms. The topological polar surface area (TPSA) is 114 Å². The van der Waals surface area contributed by atoms with Crippen molar-refractivity contribution in [2.24, 2.45) is 0 Å². The fourth-order valence-electron chi connectivity index (χ4n) is 2.86. The molecule has 176 valence electrons. The first-order chi connectivity index (χ1) is 15.9. The lowest BCUT2D eigenvalue weighted by Crippen LogP contribution is -2.14. The maximum atomic E-state index is 12.4. The predicted octanol–water partition coefficient (Wildman–Crippen LogP) is 4.16. The maximum absolute atomic E-state index is 12.4. The Bertz CT molecular complexity index is 1110. The Labute approximate surface area is 199 Å². The molecule has 33 heavy (non-hydrogen) atoms. The predicted molar refractivity (Wildman–Crippen MR) is 123 cm³/mol. The van der Waals surface area contributed by atoms with Gasteiger partial charge in [-0.15, -0.1) is 10.2 Å². The number of hydrogen-bond donors (Lipinski definition) is 1. The van der Waals surface area contributed by atoms with E-state index in [4.69, 9.17) is 39.7 Å². The number of nitrogens with zero attached hydrogens (tertiary/aromatic N) is 2. The molecule has 1 amide bonds. The molecule has 0 aliphatic heterocycles. The standard InChI is InChI=1S/C21H22ClN3O7S/c1-27-14-9-15(28-2)13(8-12(14)22)23-18(26)10-33-21-25-24-20(32-21)11-6-16(29-3)19(31-5)17(7-11)30-4/h6-9H,10H2,1-5H3,(H,23,26). The average Bonchev–Trinajstić information content (AvgIpc) is 3.31. The van der Waals surface area contributed by atoms with Crippen LogP contribution in [0.5, 0.6) is 28.7 Å². The Morgan fingerprint density at radius 1 is 0.909 bits per heavy atom. The Morgan fingerprint density at radius 2 is 1.55 bits per heavy atom. The number of methoxy groups -OCH3 is 5. The molecular weight excluding hydrogens is 474 g/mol. The fraction of sp³-hybridized carbons (Fsp3) is 0.286. The SMILES string of the molecule is COc1cc(OC)c(NC(=O)CSc2nnc(-c3cc(OC)c(OC)c(OC)c3)o2)cc1Cl. The number of carbonyl (C=O) groups is 1. The second-order valence-electron chi connectivity index (χ2n) is 6.31. The average molecular weight is 496 g/mol. The van der Waals surface area contributed by atoms with E-state index in [2.05, 4.69) is 15.5 Å². The van der Waals surface area contributed by atoms with Crippen molar-refractivity contribution in [3.8, 4) is 40.2 Å². The number of amides is 1. The van der Waals surface area contributed by atoms with Crippen LogP contribution in [0.1, 0.15) is 0 Å². The van der Waals surface area contributed by atoms with Crippen LogP contribution in [-0.2, 0) is 4.79 Å². The Kier molecular flexibility index (Phi) is 8.12. The number of anilines is 1. The third kappa shape index (κ3) is 5.55. The highest BCUT2D eigenvalue weighted by atomic mass is 35.5. The minimum Gasteiger partial charge on any atom is -0.495 e. The van der Waals surface area contributed by atoms with Crippen LogP contribution in [0, 0.1) is 0 Å². The van der Waals surface area contributed by atoms with Gasteiger partial charge in [0.25, 0.3) is 5.22 Å². The molecule has 0 unspecified atom stereocenters. The van der Waals surface area contributed by atoms with E-state index in [1.165, 1.54) is 35.5 Å². The lowest BCUT2D eigenvalue weighted by atomic mass is 10.2. The highest BCUT2D eigenvalue weighted by Crippen LogP contribution is 2.41. The summed E-state index contributed by atoms with van der Waals surface area (Å²) in [4.78, 5) is 12.4. The summed E-state index contributed by atoms with van der Waals surface area (Å²) in [5.41, 5.74) is 0.989. The molecule has 0 fully saturated rings. The molecule has 1 N–H and O–H groups in total. The number of benzene rings is 2. The van der Waals surface area contributed by atoms with Crippen LogP contribution in [0.15, 0.2) is 33.9 Å². The van der Waals surface area contributed by atoms with Gasteiger partial charge < -0.3 is 33.4 Å². The van der Waals surface area contributed by atoms with Gasteiger partial charge in [-0.1, -0.05) is 23.4 Å². The van der Waals surface area contributed by atoms with Crippen molar-refractivity contribution in [1.29, 1.82) is 0 Å². The summed E-state index contributed by atoms with van der Waals surface area (Å²) in [6, 6.07) is 6.52. The van der Waals surface area contributed by atoms with Gasteiger partial charge >= 0.3 is 0 Å². The number of ether oxygens (including phenoxy) is 5. The Balaban J connectivity index is 1.70. The van der Waals surface area contributed by atoms with E-state index < -0.39 is 0 Å². The zero-order chi connectivity index (χ0) is 24.0. The number of hydrogen-bond acceptors (Lipinski definition) is 10. The van der Waals surface area contributed by atoms with Crippen molar-refractivity contribution < 1.29 is 32.9 Å². The van der Waals surface area contributed by atoms with Crippen molar-refractivity contribution in [3.63, 3.8) is 0 Å². The van der Waals surface area contributed by atoms with Gasteiger partial charge in [-0.2, -0.15) is 0 Å². The number of nitrogens with one attached hydrogen (secondary N) is 1. The van der Waals surface area contributed by atoms with E-state index in [-0.39, 0.29) is 22.8 Å². The van der Waals surface area contributed by atoms with E-state index in [0.717, 1.165) is 11.8 Å². The fourth-order valence-corrected chi connectivity index (χ4v) is 3.66. The number of halogens is 1. The monoisotopic (exact) mass is 495 g/mol. The van der Waals surface area contributed by atoms with Gasteiger partial charge in [0.2, 0.25) is 17.5 Å². The Hall–Kier alpha value is -3.31. The normalized spacial score (nSPS) is 10.5. The van der Waals surface area contributed by atoms with Gasteiger partial charge in [-0.05, 0) is 18.2 Å². The minimum absolute atomic E-state index is 0.0176. The molecular formula is C21H22ClN3O7S. The zero-order valence-electron chi connectivity index (χ0n) is 18.6. The number of aromatic nitrogens is 2. The Morgan fingerprint density at radius 3 is 2.12 bits per heavy atom. The van der Waals surface area contributed by atoms with Crippen molar-refractivity contribution in [3.05, 3.63) is 29.3 Å². The number of rotatable bonds is 10. The maximum Gasteiger partial charge on any atom is 0.277 e. The lowest BCUT2D eigenvalue weighted by Gasteiger charge is -2.13. The van der Waals surface area contributed by atoms with Gasteiger partial charge in [0.05, 0.1) is 52.0 Å². The molecule has 0 saturated carbocycles. The van der Waals surface area contributed by atoms with Gasteiger partial charge in [0, 0.05) is 11.6 Å². The van der Waals surface area contributed by atoms with Crippen LogP contribution < -0.4 is 29.0 Å². The van der Waals surface area contributed by atoms with Gasteiger partial charge in [-0.3, -0.25) is 4.79 Å². The van der Waals surface area contributed by atoms with E-state index in [9.17, 15) is 4.79 Å². The second-order valence-corrected chi connectivity index (χ2v) is 7.64. The highest BCUT2D eigenvalue weighted by Gasteiger charge is 2.19. The molecule has 1 aromatic heterocycles. The quantitative estimate of drug-likeness (QED) is 0.411. The molecule has 0 atom stereocenters. The molecule has 0 saturated heterocycles. The zero-order valence-corrected chi connectivity index (χ0v) is 20.1. The smallest absolute Gasteiger partial charge is 0.277 e. The lowest BCUT2D eigenvalue weighted by molar-refractivity contribution is -0.113. The van der Waals surface area contributed by atoms with Crippen LogP contribution in [0.3, 0.4) is 0 Å². The summed E-state index contributed by atoms with van der Waals surface area (Å²) in [7, 11) is 7.52. The van der Waals surface area contributed by atoms with Crippen LogP contribution >= 0.6 is 23.4 Å². The molecule has 0 bridgehead atoms. The van der Waals surface area contributed by atoms with Gasteiger partial charge in [0.15, 0.2) is 11.5 Å². The summed E-state index contributed by atoms with van der Waals surface area (Å²) in [5, 5.41) is 11.3. The number of carbonyl (C=O) groups excluding carboxylic acids is 1. The molecule has 3 aromatic rings. The third-order valence-electron chi connectivity index (χ3n) is 4.39. The molecule has 10 nitrogen and oxygen atoms in total.